The molecule has 2 aromatic carbocycles. The Balaban J connectivity index is 2.62. The van der Waals surface area contributed by atoms with E-state index in [-0.39, 0.29) is 10.4 Å². The summed E-state index contributed by atoms with van der Waals surface area (Å²) in [4.78, 5) is -0.299. The summed E-state index contributed by atoms with van der Waals surface area (Å²) in [6.07, 6.45) is 0. The summed E-state index contributed by atoms with van der Waals surface area (Å²) in [7, 11) is -4.35. The zero-order valence-electron chi connectivity index (χ0n) is 8.36. The zero-order valence-corrected chi connectivity index (χ0v) is 9.18. The van der Waals surface area contributed by atoms with E-state index in [0.717, 1.165) is 5.39 Å². The van der Waals surface area contributed by atoms with E-state index in [4.69, 9.17) is 4.55 Å². The van der Waals surface area contributed by atoms with Crippen molar-refractivity contribution < 1.29 is 17.6 Å². The molecule has 0 saturated heterocycles. The molecule has 0 unspecified atom stereocenters. The minimum atomic E-state index is -4.35. The monoisotopic (exact) mass is 250 g/mol. The quantitative estimate of drug-likeness (QED) is 0.659. The highest BCUT2D eigenvalue weighted by Gasteiger charge is 2.20. The molecule has 1 heterocycles. The molecular formula is C10H6N2O4S. The maximum Gasteiger partial charge on any atom is 0.296 e. The third kappa shape index (κ3) is 1.48. The summed E-state index contributed by atoms with van der Waals surface area (Å²) in [6, 6.07) is 8.39. The zero-order chi connectivity index (χ0) is 12.0. The number of benzene rings is 2. The summed E-state index contributed by atoms with van der Waals surface area (Å²) in [5.74, 6) is 0. The average molecular weight is 250 g/mol. The Morgan fingerprint density at radius 1 is 1.12 bits per heavy atom. The van der Waals surface area contributed by atoms with Gasteiger partial charge in [0, 0.05) is 5.39 Å². The number of fused-ring (bicyclic) bond motifs is 3. The predicted molar refractivity (Wildman–Crippen MR) is 59.1 cm³/mol. The summed E-state index contributed by atoms with van der Waals surface area (Å²) < 4.78 is 36.1. The summed E-state index contributed by atoms with van der Waals surface area (Å²) in [5.41, 5.74) is 0.349. The second-order valence-corrected chi connectivity index (χ2v) is 4.92. The molecular weight excluding hydrogens is 244 g/mol. The first-order valence-electron chi connectivity index (χ1n) is 4.69. The van der Waals surface area contributed by atoms with Crippen LogP contribution in [0.1, 0.15) is 0 Å². The van der Waals surface area contributed by atoms with Crippen molar-refractivity contribution in [3.63, 3.8) is 0 Å². The van der Waals surface area contributed by atoms with Crippen molar-refractivity contribution in [3.8, 4) is 0 Å². The lowest BCUT2D eigenvalue weighted by atomic mass is 10.1. The Labute approximate surface area is 95.6 Å². The van der Waals surface area contributed by atoms with E-state index in [2.05, 4.69) is 14.9 Å². The lowest BCUT2D eigenvalue weighted by molar-refractivity contribution is 0.315. The highest BCUT2D eigenvalue weighted by molar-refractivity contribution is 7.86. The molecule has 0 aliphatic heterocycles. The third-order valence-electron chi connectivity index (χ3n) is 2.50. The maximum atomic E-state index is 11.2. The highest BCUT2D eigenvalue weighted by Crippen LogP contribution is 2.28. The molecule has 0 radical (unpaired) electrons. The van der Waals surface area contributed by atoms with E-state index in [9.17, 15) is 8.42 Å². The SMILES string of the molecule is O=S(=O)(O)c1cc2ccccc2c2nonc12. The van der Waals surface area contributed by atoms with Crippen LogP contribution >= 0.6 is 0 Å². The smallest absolute Gasteiger partial charge is 0.282 e. The maximum absolute atomic E-state index is 11.2. The van der Waals surface area contributed by atoms with E-state index in [1.165, 1.54) is 6.07 Å². The van der Waals surface area contributed by atoms with E-state index >= 15 is 0 Å². The first-order chi connectivity index (χ1) is 8.07. The number of aromatic nitrogens is 2. The van der Waals surface area contributed by atoms with Crippen LogP contribution in [0.4, 0.5) is 0 Å². The van der Waals surface area contributed by atoms with Crippen LogP contribution in [0.3, 0.4) is 0 Å². The largest absolute Gasteiger partial charge is 0.296 e. The Bertz CT molecular complexity index is 823. The standard InChI is InChI=1S/C10H6N2O4S/c13-17(14,15)8-5-6-3-1-2-4-7(6)9-10(8)12-16-11-9/h1-5H,(H,13,14,15). The van der Waals surface area contributed by atoms with Gasteiger partial charge in [-0.05, 0) is 21.8 Å². The first kappa shape index (κ1) is 10.2. The molecule has 86 valence electrons. The molecule has 0 saturated carbocycles. The van der Waals surface area contributed by atoms with E-state index < -0.39 is 10.1 Å². The Kier molecular flexibility index (Phi) is 1.95. The lowest BCUT2D eigenvalue weighted by Crippen LogP contribution is -1.99. The average Bonchev–Trinajstić information content (AvgIpc) is 2.75. The highest BCUT2D eigenvalue weighted by atomic mass is 32.2. The molecule has 0 fully saturated rings. The summed E-state index contributed by atoms with van der Waals surface area (Å²) in [5, 5.41) is 8.53. The minimum absolute atomic E-state index is 0.0335. The molecule has 17 heavy (non-hydrogen) atoms. The second-order valence-electron chi connectivity index (χ2n) is 3.53. The summed E-state index contributed by atoms with van der Waals surface area (Å²) >= 11 is 0. The van der Waals surface area contributed by atoms with Crippen molar-refractivity contribution in [1.82, 2.24) is 10.3 Å². The molecule has 7 heteroatoms. The van der Waals surface area contributed by atoms with Gasteiger partial charge in [-0.15, -0.1) is 0 Å². The molecule has 1 N–H and O–H groups in total. The van der Waals surface area contributed by atoms with Crippen molar-refractivity contribution in [1.29, 1.82) is 0 Å². The molecule has 0 amide bonds. The van der Waals surface area contributed by atoms with E-state index in [1.807, 2.05) is 0 Å². The van der Waals surface area contributed by atoms with Crippen molar-refractivity contribution in [3.05, 3.63) is 30.3 Å². The van der Waals surface area contributed by atoms with Crippen LogP contribution in [0.15, 0.2) is 39.9 Å². The van der Waals surface area contributed by atoms with Gasteiger partial charge in [0.2, 0.25) is 0 Å². The topological polar surface area (TPSA) is 93.3 Å². The first-order valence-corrected chi connectivity index (χ1v) is 6.13. The number of rotatable bonds is 1. The van der Waals surface area contributed by atoms with Crippen molar-refractivity contribution in [2.24, 2.45) is 0 Å². The van der Waals surface area contributed by atoms with Crippen molar-refractivity contribution in [2.45, 2.75) is 4.90 Å². The molecule has 0 spiro atoms. The van der Waals surface area contributed by atoms with Crippen LogP contribution in [0, 0.1) is 0 Å². The lowest BCUT2D eigenvalue weighted by Gasteiger charge is -2.01. The van der Waals surface area contributed by atoms with Gasteiger partial charge in [0.1, 0.15) is 10.4 Å². The van der Waals surface area contributed by atoms with Crippen LogP contribution in [0.5, 0.6) is 0 Å². The second kappa shape index (κ2) is 3.25. The van der Waals surface area contributed by atoms with E-state index in [1.54, 1.807) is 24.3 Å². The molecule has 0 aliphatic rings. The van der Waals surface area contributed by atoms with Crippen LogP contribution in [-0.4, -0.2) is 23.3 Å². The van der Waals surface area contributed by atoms with Crippen LogP contribution in [-0.2, 0) is 10.1 Å². The fourth-order valence-corrected chi connectivity index (χ4v) is 2.43. The van der Waals surface area contributed by atoms with Crippen molar-refractivity contribution in [2.75, 3.05) is 0 Å². The fraction of sp³-hybridized carbons (Fsp3) is 0. The normalized spacial score (nSPS) is 12.3. The Hall–Kier alpha value is -1.99. The van der Waals surface area contributed by atoms with Crippen LogP contribution < -0.4 is 0 Å². The fourth-order valence-electron chi connectivity index (χ4n) is 1.77. The number of hydrogen-bond donors (Lipinski definition) is 1. The number of hydrogen-bond acceptors (Lipinski definition) is 5. The van der Waals surface area contributed by atoms with Gasteiger partial charge >= 0.3 is 0 Å². The molecule has 1 aromatic heterocycles. The van der Waals surface area contributed by atoms with Gasteiger partial charge in [0.05, 0.1) is 0 Å². The minimum Gasteiger partial charge on any atom is -0.282 e. The molecule has 3 rings (SSSR count). The Morgan fingerprint density at radius 3 is 2.59 bits per heavy atom. The van der Waals surface area contributed by atoms with Crippen LogP contribution in [0.2, 0.25) is 0 Å². The van der Waals surface area contributed by atoms with Gasteiger partial charge in [-0.1, -0.05) is 24.3 Å². The van der Waals surface area contributed by atoms with Gasteiger partial charge in [-0.2, -0.15) is 8.42 Å². The van der Waals surface area contributed by atoms with Crippen LogP contribution in [0.25, 0.3) is 21.8 Å². The van der Waals surface area contributed by atoms with Gasteiger partial charge in [0.25, 0.3) is 10.1 Å². The van der Waals surface area contributed by atoms with E-state index in [0.29, 0.717) is 10.9 Å². The van der Waals surface area contributed by atoms with Gasteiger partial charge < -0.3 is 0 Å². The molecule has 0 aliphatic carbocycles. The molecule has 0 bridgehead atoms. The predicted octanol–water partition coefficient (Wildman–Crippen LogP) is 1.62. The molecule has 6 nitrogen and oxygen atoms in total. The van der Waals surface area contributed by atoms with Gasteiger partial charge in [-0.3, -0.25) is 4.55 Å². The van der Waals surface area contributed by atoms with Gasteiger partial charge in [0.15, 0.2) is 5.52 Å². The summed E-state index contributed by atoms with van der Waals surface area (Å²) in [6.45, 7) is 0. The third-order valence-corrected chi connectivity index (χ3v) is 3.37. The Morgan fingerprint density at radius 2 is 1.82 bits per heavy atom. The van der Waals surface area contributed by atoms with Gasteiger partial charge in [-0.25, -0.2) is 4.63 Å². The molecule has 0 atom stereocenters. The molecule has 3 aromatic rings. The number of nitrogens with zero attached hydrogens (tertiary/aromatic N) is 2. The van der Waals surface area contributed by atoms with Crippen molar-refractivity contribution >= 4 is 31.9 Å².